The van der Waals surface area contributed by atoms with Crippen molar-refractivity contribution in [3.8, 4) is 5.75 Å². The van der Waals surface area contributed by atoms with Crippen LogP contribution >= 0.6 is 23.4 Å². The zero-order valence-corrected chi connectivity index (χ0v) is 17.3. The summed E-state index contributed by atoms with van der Waals surface area (Å²) in [4.78, 5) is 22.9. The first-order valence-electron chi connectivity index (χ1n) is 8.39. The zero-order valence-electron chi connectivity index (χ0n) is 14.9. The average Bonchev–Trinajstić information content (AvgIpc) is 2.96. The summed E-state index contributed by atoms with van der Waals surface area (Å²) in [5.41, 5.74) is 1.35. The number of hydrogen-bond acceptors (Lipinski definition) is 7. The minimum Gasteiger partial charge on any atom is -0.490 e. The highest BCUT2D eigenvalue weighted by Gasteiger charge is 2.31. The standard InChI is InChI=1S/C18H17ClN2O6S2/c19-13-3-1-2-12(9-13)15(27-29(20,24)25)10-26-14-6-4-11(5-7-14)8-16-17(22)21-18(23)28-16/h1-7,9,15-16H,8,10H2,(H2,20,24,25)(H,21,22,23). The van der Waals surface area contributed by atoms with Gasteiger partial charge in [-0.05, 0) is 41.8 Å². The fourth-order valence-electron chi connectivity index (χ4n) is 2.68. The van der Waals surface area contributed by atoms with Crippen LogP contribution in [0.3, 0.4) is 0 Å². The Morgan fingerprint density at radius 3 is 2.48 bits per heavy atom. The van der Waals surface area contributed by atoms with Gasteiger partial charge in [0.1, 0.15) is 18.5 Å². The number of carbonyl (C=O) groups is 2. The van der Waals surface area contributed by atoms with Gasteiger partial charge in [-0.1, -0.05) is 47.6 Å². The Labute approximate surface area is 177 Å². The van der Waals surface area contributed by atoms with Crippen molar-refractivity contribution < 1.29 is 26.9 Å². The van der Waals surface area contributed by atoms with E-state index in [1.165, 1.54) is 0 Å². The van der Waals surface area contributed by atoms with Crippen molar-refractivity contribution in [1.29, 1.82) is 0 Å². The number of thioether (sulfide) groups is 1. The molecule has 0 saturated carbocycles. The molecule has 3 rings (SSSR count). The fourth-order valence-corrected chi connectivity index (χ4v) is 4.23. The molecule has 0 aromatic heterocycles. The molecule has 29 heavy (non-hydrogen) atoms. The third-order valence-electron chi connectivity index (χ3n) is 3.98. The largest absolute Gasteiger partial charge is 0.490 e. The summed E-state index contributed by atoms with van der Waals surface area (Å²) in [5.74, 6) is 0.170. The Balaban J connectivity index is 1.64. The number of carbonyl (C=O) groups excluding carboxylic acids is 2. The summed E-state index contributed by atoms with van der Waals surface area (Å²) in [5, 5.41) is 6.87. The van der Waals surface area contributed by atoms with Crippen LogP contribution in [0, 0.1) is 0 Å². The van der Waals surface area contributed by atoms with Gasteiger partial charge < -0.3 is 4.74 Å². The van der Waals surface area contributed by atoms with Gasteiger partial charge >= 0.3 is 10.3 Å². The topological polar surface area (TPSA) is 125 Å². The summed E-state index contributed by atoms with van der Waals surface area (Å²) in [7, 11) is -4.21. The van der Waals surface area contributed by atoms with E-state index < -0.39 is 21.7 Å². The van der Waals surface area contributed by atoms with E-state index in [1.807, 2.05) is 0 Å². The van der Waals surface area contributed by atoms with Crippen LogP contribution in [-0.4, -0.2) is 31.4 Å². The summed E-state index contributed by atoms with van der Waals surface area (Å²) < 4.78 is 33.3. The van der Waals surface area contributed by atoms with Crippen molar-refractivity contribution in [2.45, 2.75) is 17.8 Å². The monoisotopic (exact) mass is 456 g/mol. The van der Waals surface area contributed by atoms with Crippen LogP contribution in [0.25, 0.3) is 0 Å². The molecule has 1 saturated heterocycles. The maximum atomic E-state index is 11.6. The van der Waals surface area contributed by atoms with E-state index in [-0.39, 0.29) is 17.8 Å². The predicted molar refractivity (Wildman–Crippen MR) is 109 cm³/mol. The highest BCUT2D eigenvalue weighted by molar-refractivity contribution is 8.15. The lowest BCUT2D eigenvalue weighted by Crippen LogP contribution is -2.25. The quantitative estimate of drug-likeness (QED) is 0.625. The van der Waals surface area contributed by atoms with E-state index in [0.29, 0.717) is 22.8 Å². The van der Waals surface area contributed by atoms with Crippen LogP contribution in [0.15, 0.2) is 48.5 Å². The van der Waals surface area contributed by atoms with E-state index in [0.717, 1.165) is 17.3 Å². The molecule has 2 amide bonds. The molecule has 0 bridgehead atoms. The summed E-state index contributed by atoms with van der Waals surface area (Å²) in [6.45, 7) is -0.120. The molecule has 1 aliphatic rings. The Kier molecular flexibility index (Phi) is 6.81. The minimum absolute atomic E-state index is 0.120. The maximum absolute atomic E-state index is 11.6. The molecular weight excluding hydrogens is 440 g/mol. The third-order valence-corrected chi connectivity index (χ3v) is 5.70. The zero-order chi connectivity index (χ0) is 21.0. The molecular formula is C18H17ClN2O6S2. The third kappa shape index (κ3) is 6.44. The van der Waals surface area contributed by atoms with Gasteiger partial charge in [-0.3, -0.25) is 14.9 Å². The number of nitrogens with two attached hydrogens (primary N) is 1. The lowest BCUT2D eigenvalue weighted by Gasteiger charge is -2.18. The van der Waals surface area contributed by atoms with Crippen LogP contribution in [0.2, 0.25) is 5.02 Å². The van der Waals surface area contributed by atoms with Crippen molar-refractivity contribution in [2.24, 2.45) is 5.14 Å². The number of benzene rings is 2. The van der Waals surface area contributed by atoms with E-state index in [1.54, 1.807) is 48.5 Å². The number of halogens is 1. The fraction of sp³-hybridized carbons (Fsp3) is 0.222. The number of nitrogens with one attached hydrogen (secondary N) is 1. The molecule has 2 aromatic carbocycles. The van der Waals surface area contributed by atoms with Gasteiger partial charge in [0.15, 0.2) is 0 Å². The Hall–Kier alpha value is -2.11. The first-order chi connectivity index (χ1) is 13.7. The molecule has 1 aliphatic heterocycles. The Morgan fingerprint density at radius 1 is 1.17 bits per heavy atom. The Bertz CT molecular complexity index is 1010. The van der Waals surface area contributed by atoms with Gasteiger partial charge in [0, 0.05) is 5.02 Å². The highest BCUT2D eigenvalue weighted by Crippen LogP contribution is 2.26. The van der Waals surface area contributed by atoms with Crippen LogP contribution in [0.1, 0.15) is 17.2 Å². The van der Waals surface area contributed by atoms with Crippen molar-refractivity contribution in [2.75, 3.05) is 6.61 Å². The number of hydrogen-bond donors (Lipinski definition) is 2. The molecule has 3 N–H and O–H groups in total. The Morgan fingerprint density at radius 2 is 1.90 bits per heavy atom. The van der Waals surface area contributed by atoms with Crippen LogP contribution < -0.4 is 15.2 Å². The lowest BCUT2D eigenvalue weighted by molar-refractivity contribution is -0.118. The summed E-state index contributed by atoms with van der Waals surface area (Å²) >= 11 is 6.92. The van der Waals surface area contributed by atoms with Gasteiger partial charge in [0.2, 0.25) is 5.91 Å². The van der Waals surface area contributed by atoms with E-state index >= 15 is 0 Å². The van der Waals surface area contributed by atoms with E-state index in [4.69, 9.17) is 25.7 Å². The van der Waals surface area contributed by atoms with Gasteiger partial charge in [-0.25, -0.2) is 9.32 Å². The lowest BCUT2D eigenvalue weighted by atomic mass is 10.1. The average molecular weight is 457 g/mol. The normalized spacial score (nSPS) is 17.8. The second-order valence-electron chi connectivity index (χ2n) is 6.17. The number of ether oxygens (including phenoxy) is 1. The minimum atomic E-state index is -4.21. The van der Waals surface area contributed by atoms with Gasteiger partial charge in [0.05, 0.1) is 5.25 Å². The smallest absolute Gasteiger partial charge is 0.333 e. The molecule has 2 atom stereocenters. The van der Waals surface area contributed by atoms with Gasteiger partial charge in [-0.15, -0.1) is 0 Å². The van der Waals surface area contributed by atoms with Gasteiger partial charge in [0.25, 0.3) is 5.24 Å². The number of imide groups is 1. The molecule has 2 unspecified atom stereocenters. The van der Waals surface area contributed by atoms with E-state index in [2.05, 4.69) is 5.32 Å². The van der Waals surface area contributed by atoms with Crippen molar-refractivity contribution >= 4 is 44.8 Å². The predicted octanol–water partition coefficient (Wildman–Crippen LogP) is 2.57. The molecule has 1 fully saturated rings. The molecule has 0 radical (unpaired) electrons. The number of rotatable bonds is 8. The van der Waals surface area contributed by atoms with Crippen LogP contribution in [0.5, 0.6) is 5.75 Å². The van der Waals surface area contributed by atoms with Gasteiger partial charge in [-0.2, -0.15) is 8.42 Å². The second-order valence-corrected chi connectivity index (χ2v) is 8.96. The summed E-state index contributed by atoms with van der Waals surface area (Å²) in [6.07, 6.45) is -0.574. The van der Waals surface area contributed by atoms with Crippen LogP contribution in [0.4, 0.5) is 4.79 Å². The first kappa shape index (κ1) is 21.6. The maximum Gasteiger partial charge on any atom is 0.333 e. The van der Waals surface area contributed by atoms with E-state index in [9.17, 15) is 18.0 Å². The molecule has 0 spiro atoms. The molecule has 1 heterocycles. The van der Waals surface area contributed by atoms with Crippen molar-refractivity contribution in [1.82, 2.24) is 5.32 Å². The van der Waals surface area contributed by atoms with Crippen molar-refractivity contribution in [3.05, 3.63) is 64.7 Å². The first-order valence-corrected chi connectivity index (χ1v) is 11.1. The van der Waals surface area contributed by atoms with Crippen molar-refractivity contribution in [3.63, 3.8) is 0 Å². The molecule has 11 heteroatoms. The van der Waals surface area contributed by atoms with Crippen LogP contribution in [-0.2, 0) is 25.7 Å². The second kappa shape index (κ2) is 9.14. The molecule has 8 nitrogen and oxygen atoms in total. The molecule has 0 aliphatic carbocycles. The SMILES string of the molecule is NS(=O)(=O)OC(COc1ccc(CC2SC(=O)NC2=O)cc1)c1cccc(Cl)c1. The highest BCUT2D eigenvalue weighted by atomic mass is 35.5. The number of amides is 2. The molecule has 2 aromatic rings. The summed E-state index contributed by atoms with van der Waals surface area (Å²) in [6, 6.07) is 13.4. The molecule has 154 valence electrons.